The summed E-state index contributed by atoms with van der Waals surface area (Å²) in [5, 5.41) is 9.89. The summed E-state index contributed by atoms with van der Waals surface area (Å²) in [4.78, 5) is 30.5. The summed E-state index contributed by atoms with van der Waals surface area (Å²) in [7, 11) is 0. The van der Waals surface area contributed by atoms with Crippen molar-refractivity contribution >= 4 is 29.1 Å². The largest absolute Gasteiger partial charge is 0.489 e. The molecule has 0 atom stereocenters. The van der Waals surface area contributed by atoms with E-state index in [9.17, 15) is 9.59 Å². The number of esters is 1. The molecule has 0 bridgehead atoms. The Bertz CT molecular complexity index is 1320. The number of carbonyl (C=O) groups is 2. The standard InChI is InChI=1S/C26H26N4O5/c1-5-33-26(32)23-16(3)27-21-11-6-7-12-22(21)28-24(23)29-25(31)18-9-8-10-19(13-18)34-14-20-15(2)30-35-17(20)4/h6-13,27H,5,14H2,1-4H3,(H,28,29,31). The molecular weight excluding hydrogens is 448 g/mol. The van der Waals surface area contributed by atoms with E-state index in [0.717, 1.165) is 11.3 Å². The molecule has 0 unspecified atom stereocenters. The Kier molecular flexibility index (Phi) is 6.96. The first-order valence-electron chi connectivity index (χ1n) is 11.2. The minimum Gasteiger partial charge on any atom is -0.489 e. The molecule has 2 heterocycles. The Morgan fingerprint density at radius 2 is 1.89 bits per heavy atom. The van der Waals surface area contributed by atoms with Gasteiger partial charge in [0.05, 0.1) is 29.2 Å². The average molecular weight is 475 g/mol. The van der Waals surface area contributed by atoms with Gasteiger partial charge in [0.2, 0.25) is 0 Å². The fourth-order valence-electron chi connectivity index (χ4n) is 3.61. The molecule has 1 amide bonds. The fourth-order valence-corrected chi connectivity index (χ4v) is 3.61. The number of aromatic nitrogens is 1. The zero-order valence-corrected chi connectivity index (χ0v) is 20.0. The number of carbonyl (C=O) groups excluding carboxylic acids is 2. The van der Waals surface area contributed by atoms with Crippen LogP contribution in [0.2, 0.25) is 0 Å². The lowest BCUT2D eigenvalue weighted by atomic mass is 10.1. The monoisotopic (exact) mass is 474 g/mol. The molecule has 2 N–H and O–H groups in total. The van der Waals surface area contributed by atoms with Crippen LogP contribution in [0.4, 0.5) is 11.4 Å². The maximum absolute atomic E-state index is 13.2. The third-order valence-corrected chi connectivity index (χ3v) is 5.44. The highest BCUT2D eigenvalue weighted by atomic mass is 16.5. The van der Waals surface area contributed by atoms with Crippen molar-refractivity contribution in [1.29, 1.82) is 0 Å². The lowest BCUT2D eigenvalue weighted by molar-refractivity contribution is -0.137. The van der Waals surface area contributed by atoms with Crippen molar-refractivity contribution in [2.75, 3.05) is 11.9 Å². The number of anilines is 1. The number of aryl methyl sites for hydroxylation is 2. The molecule has 9 heteroatoms. The molecule has 9 nitrogen and oxygen atoms in total. The summed E-state index contributed by atoms with van der Waals surface area (Å²) in [6, 6.07) is 14.1. The number of amides is 1. The topological polar surface area (TPSA) is 115 Å². The van der Waals surface area contributed by atoms with Crippen LogP contribution in [0, 0.1) is 13.8 Å². The van der Waals surface area contributed by atoms with Crippen LogP contribution in [0.1, 0.15) is 41.2 Å². The number of benzene rings is 2. The van der Waals surface area contributed by atoms with E-state index in [0.29, 0.717) is 34.1 Å². The number of nitrogens with one attached hydrogen (secondary N) is 2. The molecule has 180 valence electrons. The van der Waals surface area contributed by atoms with Gasteiger partial charge in [-0.2, -0.15) is 0 Å². The maximum atomic E-state index is 13.2. The molecule has 1 aliphatic heterocycles. The first-order valence-corrected chi connectivity index (χ1v) is 11.2. The van der Waals surface area contributed by atoms with Crippen LogP contribution in [0.15, 0.2) is 69.3 Å². The molecule has 0 fully saturated rings. The number of hydrogen-bond acceptors (Lipinski definition) is 8. The van der Waals surface area contributed by atoms with Crippen LogP contribution < -0.4 is 15.4 Å². The predicted octanol–water partition coefficient (Wildman–Crippen LogP) is 4.59. The van der Waals surface area contributed by atoms with Crippen molar-refractivity contribution in [3.63, 3.8) is 0 Å². The van der Waals surface area contributed by atoms with Gasteiger partial charge in [0.1, 0.15) is 29.5 Å². The van der Waals surface area contributed by atoms with Gasteiger partial charge in [0, 0.05) is 11.3 Å². The predicted molar refractivity (Wildman–Crippen MR) is 131 cm³/mol. The summed E-state index contributed by atoms with van der Waals surface area (Å²) in [5.74, 6) is 0.266. The highest BCUT2D eigenvalue weighted by molar-refractivity contribution is 6.25. The van der Waals surface area contributed by atoms with Crippen molar-refractivity contribution in [3.05, 3.63) is 82.4 Å². The molecule has 1 aliphatic rings. The van der Waals surface area contributed by atoms with E-state index in [1.54, 1.807) is 44.2 Å². The average Bonchev–Trinajstić information content (AvgIpc) is 3.08. The Hall–Kier alpha value is -4.40. The normalized spacial score (nSPS) is 12.7. The summed E-state index contributed by atoms with van der Waals surface area (Å²) in [6.07, 6.45) is 0. The molecule has 2 aromatic carbocycles. The highest BCUT2D eigenvalue weighted by Crippen LogP contribution is 2.30. The summed E-state index contributed by atoms with van der Waals surface area (Å²) in [6.45, 7) is 7.57. The zero-order valence-electron chi connectivity index (χ0n) is 20.0. The van der Waals surface area contributed by atoms with Crippen molar-refractivity contribution in [1.82, 2.24) is 10.5 Å². The molecule has 1 aromatic heterocycles. The van der Waals surface area contributed by atoms with Gasteiger partial charge in [-0.05, 0) is 58.0 Å². The fraction of sp³-hybridized carbons (Fsp3) is 0.231. The Morgan fingerprint density at radius 1 is 1.09 bits per heavy atom. The number of nitrogens with zero attached hydrogens (tertiary/aromatic N) is 2. The van der Waals surface area contributed by atoms with Crippen molar-refractivity contribution in [2.24, 2.45) is 4.99 Å². The number of ether oxygens (including phenoxy) is 2. The van der Waals surface area contributed by atoms with Crippen molar-refractivity contribution in [3.8, 4) is 5.75 Å². The third kappa shape index (κ3) is 5.24. The number of hydrogen-bond donors (Lipinski definition) is 2. The summed E-state index contributed by atoms with van der Waals surface area (Å²) >= 11 is 0. The van der Waals surface area contributed by atoms with Crippen LogP contribution in [0.3, 0.4) is 0 Å². The van der Waals surface area contributed by atoms with E-state index in [1.807, 2.05) is 32.0 Å². The minimum atomic E-state index is -0.582. The van der Waals surface area contributed by atoms with Gasteiger partial charge in [-0.15, -0.1) is 0 Å². The Balaban J connectivity index is 1.59. The lowest BCUT2D eigenvalue weighted by Gasteiger charge is -2.14. The van der Waals surface area contributed by atoms with Crippen molar-refractivity contribution in [2.45, 2.75) is 34.3 Å². The number of allylic oxidation sites excluding steroid dienone is 1. The van der Waals surface area contributed by atoms with E-state index >= 15 is 0 Å². The Labute approximate surface area is 202 Å². The molecule has 0 saturated carbocycles. The number of rotatable bonds is 6. The summed E-state index contributed by atoms with van der Waals surface area (Å²) < 4.78 is 16.3. The van der Waals surface area contributed by atoms with E-state index < -0.39 is 11.9 Å². The number of para-hydroxylation sites is 2. The van der Waals surface area contributed by atoms with Gasteiger partial charge in [-0.3, -0.25) is 4.79 Å². The van der Waals surface area contributed by atoms with Crippen LogP contribution >= 0.6 is 0 Å². The van der Waals surface area contributed by atoms with E-state index in [1.165, 1.54) is 0 Å². The van der Waals surface area contributed by atoms with E-state index in [-0.39, 0.29) is 24.6 Å². The van der Waals surface area contributed by atoms with Crippen LogP contribution in [-0.4, -0.2) is 29.5 Å². The quantitative estimate of drug-likeness (QED) is 0.502. The van der Waals surface area contributed by atoms with Crippen LogP contribution in [0.25, 0.3) is 0 Å². The Morgan fingerprint density at radius 3 is 2.63 bits per heavy atom. The zero-order chi connectivity index (χ0) is 24.9. The smallest absolute Gasteiger partial charge is 0.343 e. The molecule has 0 radical (unpaired) electrons. The second-order valence-corrected chi connectivity index (χ2v) is 7.90. The second kappa shape index (κ2) is 10.3. The lowest BCUT2D eigenvalue weighted by Crippen LogP contribution is -2.35. The SMILES string of the molecule is CCOC(=O)C1=C(C)Nc2ccccc2N=C1NC(=O)c1cccc(OCc2c(C)noc2C)c1. The number of fused-ring (bicyclic) bond motifs is 1. The molecule has 3 aromatic rings. The molecule has 4 rings (SSSR count). The first kappa shape index (κ1) is 23.7. The molecule has 0 saturated heterocycles. The number of amidine groups is 1. The van der Waals surface area contributed by atoms with Gasteiger partial charge in [0.15, 0.2) is 0 Å². The molecular formula is C26H26N4O5. The highest BCUT2D eigenvalue weighted by Gasteiger charge is 2.26. The van der Waals surface area contributed by atoms with E-state index in [4.69, 9.17) is 14.0 Å². The van der Waals surface area contributed by atoms with Crippen LogP contribution in [-0.2, 0) is 16.1 Å². The molecule has 35 heavy (non-hydrogen) atoms. The third-order valence-electron chi connectivity index (χ3n) is 5.44. The molecule has 0 spiro atoms. The second-order valence-electron chi connectivity index (χ2n) is 7.90. The summed E-state index contributed by atoms with van der Waals surface area (Å²) in [5.41, 5.74) is 3.93. The van der Waals surface area contributed by atoms with Gasteiger partial charge in [-0.1, -0.05) is 23.4 Å². The molecule has 0 aliphatic carbocycles. The van der Waals surface area contributed by atoms with Gasteiger partial charge < -0.3 is 24.6 Å². The van der Waals surface area contributed by atoms with Gasteiger partial charge >= 0.3 is 5.97 Å². The van der Waals surface area contributed by atoms with Crippen molar-refractivity contribution < 1.29 is 23.6 Å². The van der Waals surface area contributed by atoms with Gasteiger partial charge in [-0.25, -0.2) is 9.79 Å². The van der Waals surface area contributed by atoms with E-state index in [2.05, 4.69) is 20.8 Å². The minimum absolute atomic E-state index is 0.102. The van der Waals surface area contributed by atoms with Crippen LogP contribution in [0.5, 0.6) is 5.75 Å². The number of aliphatic imine (C=N–C) groups is 1. The maximum Gasteiger partial charge on any atom is 0.343 e. The van der Waals surface area contributed by atoms with Gasteiger partial charge in [0.25, 0.3) is 5.91 Å². The first-order chi connectivity index (χ1) is 16.9.